The van der Waals surface area contributed by atoms with E-state index < -0.39 is 29.7 Å². The van der Waals surface area contributed by atoms with E-state index in [0.29, 0.717) is 30.5 Å². The molecule has 192 valence electrons. The molecule has 4 aliphatic heterocycles. The van der Waals surface area contributed by atoms with Crippen molar-refractivity contribution in [2.24, 2.45) is 0 Å². The van der Waals surface area contributed by atoms with Gasteiger partial charge in [-0.2, -0.15) is 0 Å². The summed E-state index contributed by atoms with van der Waals surface area (Å²) in [6.07, 6.45) is 3.11. The van der Waals surface area contributed by atoms with Gasteiger partial charge in [0.15, 0.2) is 0 Å². The number of fused-ring (bicyclic) bond motifs is 1. The van der Waals surface area contributed by atoms with Crippen LogP contribution in [0.25, 0.3) is 0 Å². The number of hydrogen-bond acceptors (Lipinski definition) is 6. The van der Waals surface area contributed by atoms with Crippen molar-refractivity contribution < 1.29 is 28.3 Å². The highest BCUT2D eigenvalue weighted by atomic mass is 19.1. The molecule has 2 aromatic rings. The summed E-state index contributed by atoms with van der Waals surface area (Å²) >= 11 is 0. The Morgan fingerprint density at radius 2 is 1.84 bits per heavy atom. The summed E-state index contributed by atoms with van der Waals surface area (Å²) in [5.74, 6) is -2.42. The van der Waals surface area contributed by atoms with Crippen LogP contribution in [0.2, 0.25) is 0 Å². The summed E-state index contributed by atoms with van der Waals surface area (Å²) in [5.41, 5.74) is 2.60. The van der Waals surface area contributed by atoms with Crippen LogP contribution in [0.3, 0.4) is 0 Å². The number of nitrogens with zero attached hydrogens (tertiary/aromatic N) is 2. The van der Waals surface area contributed by atoms with Crippen molar-refractivity contribution >= 4 is 23.6 Å². The van der Waals surface area contributed by atoms with Gasteiger partial charge in [0.2, 0.25) is 11.8 Å². The number of benzene rings is 2. The Morgan fingerprint density at radius 1 is 1.03 bits per heavy atom. The second-order valence-corrected chi connectivity index (χ2v) is 10.5. The van der Waals surface area contributed by atoms with E-state index in [1.54, 1.807) is 30.3 Å². The number of carbonyl (C=O) groups excluding carboxylic acids is 4. The van der Waals surface area contributed by atoms with Crippen molar-refractivity contribution in [1.29, 1.82) is 0 Å². The maximum absolute atomic E-state index is 15.0. The lowest BCUT2D eigenvalue weighted by molar-refractivity contribution is -0.136. The van der Waals surface area contributed by atoms with E-state index >= 15 is 0 Å². The average Bonchev–Trinajstić information content (AvgIpc) is 3.43. The van der Waals surface area contributed by atoms with Gasteiger partial charge >= 0.3 is 0 Å². The van der Waals surface area contributed by atoms with Crippen molar-refractivity contribution in [3.63, 3.8) is 0 Å². The Labute approximate surface area is 213 Å². The average molecular weight is 506 g/mol. The van der Waals surface area contributed by atoms with Crippen molar-refractivity contribution in [3.8, 4) is 0 Å². The van der Waals surface area contributed by atoms with Crippen LogP contribution in [0.5, 0.6) is 0 Å². The van der Waals surface area contributed by atoms with Crippen LogP contribution in [0.1, 0.15) is 63.1 Å². The molecule has 37 heavy (non-hydrogen) atoms. The molecule has 1 unspecified atom stereocenters. The van der Waals surface area contributed by atoms with Crippen LogP contribution in [0.15, 0.2) is 36.4 Å². The molecule has 1 spiro atoms. The maximum Gasteiger partial charge on any atom is 0.262 e. The standard InChI is InChI=1S/C28H28FN3O5/c29-21-13-17(14-31-15-28(16-31)11-2-12-37-28)5-6-18(21)7-8-19-3-1-4-20-24(19)27(36)32(26(20)35)22-9-10-23(33)30-25(22)34/h1,3-6,13,22H,2,7-12,14-16H2,(H,30,33,34). The first-order chi connectivity index (χ1) is 17.8. The predicted octanol–water partition coefficient (Wildman–Crippen LogP) is 2.38. The van der Waals surface area contributed by atoms with Gasteiger partial charge in [0.25, 0.3) is 11.8 Å². The molecule has 1 N–H and O–H groups in total. The molecule has 0 aromatic heterocycles. The minimum Gasteiger partial charge on any atom is -0.372 e. The Kier molecular flexibility index (Phi) is 5.92. The maximum atomic E-state index is 15.0. The molecular formula is C28H28FN3O5. The number of piperidine rings is 1. The van der Waals surface area contributed by atoms with E-state index in [4.69, 9.17) is 4.74 Å². The molecule has 2 aromatic carbocycles. The first kappa shape index (κ1) is 23.9. The van der Waals surface area contributed by atoms with Gasteiger partial charge < -0.3 is 4.74 Å². The molecule has 3 saturated heterocycles. The highest BCUT2D eigenvalue weighted by molar-refractivity contribution is 6.24. The Balaban J connectivity index is 1.13. The van der Waals surface area contributed by atoms with E-state index in [1.807, 2.05) is 6.07 Å². The zero-order valence-corrected chi connectivity index (χ0v) is 20.4. The van der Waals surface area contributed by atoms with Crippen molar-refractivity contribution in [2.75, 3.05) is 19.7 Å². The Morgan fingerprint density at radius 3 is 2.57 bits per heavy atom. The Hall–Kier alpha value is -3.43. The van der Waals surface area contributed by atoms with E-state index in [1.165, 1.54) is 0 Å². The summed E-state index contributed by atoms with van der Waals surface area (Å²) in [5, 5.41) is 2.20. The van der Waals surface area contributed by atoms with Crippen LogP contribution >= 0.6 is 0 Å². The summed E-state index contributed by atoms with van der Waals surface area (Å²) in [6.45, 7) is 3.29. The zero-order chi connectivity index (χ0) is 25.7. The topological polar surface area (TPSA) is 96.0 Å². The van der Waals surface area contributed by atoms with Crippen LogP contribution in [0, 0.1) is 5.82 Å². The van der Waals surface area contributed by atoms with Gasteiger partial charge in [-0.15, -0.1) is 0 Å². The first-order valence-electron chi connectivity index (χ1n) is 12.8. The molecule has 3 fully saturated rings. The quantitative estimate of drug-likeness (QED) is 0.606. The van der Waals surface area contributed by atoms with E-state index in [2.05, 4.69) is 10.2 Å². The predicted molar refractivity (Wildman–Crippen MR) is 130 cm³/mol. The van der Waals surface area contributed by atoms with Gasteiger partial charge in [0, 0.05) is 32.7 Å². The number of rotatable bonds is 6. The smallest absolute Gasteiger partial charge is 0.262 e. The molecule has 0 radical (unpaired) electrons. The second kappa shape index (κ2) is 9.15. The van der Waals surface area contributed by atoms with Crippen LogP contribution in [-0.2, 0) is 33.7 Å². The third kappa shape index (κ3) is 4.26. The Bertz CT molecular complexity index is 1310. The number of aryl methyl sites for hydroxylation is 2. The van der Waals surface area contributed by atoms with Gasteiger partial charge in [-0.25, -0.2) is 4.39 Å². The van der Waals surface area contributed by atoms with Crippen LogP contribution in [0.4, 0.5) is 4.39 Å². The van der Waals surface area contributed by atoms with Crippen LogP contribution < -0.4 is 5.32 Å². The first-order valence-corrected chi connectivity index (χ1v) is 12.8. The fourth-order valence-electron chi connectivity index (χ4n) is 6.10. The van der Waals surface area contributed by atoms with Gasteiger partial charge in [-0.3, -0.25) is 34.3 Å². The van der Waals surface area contributed by atoms with Crippen molar-refractivity contribution in [2.45, 2.75) is 56.7 Å². The molecule has 0 saturated carbocycles. The summed E-state index contributed by atoms with van der Waals surface area (Å²) in [4.78, 5) is 53.3. The minimum atomic E-state index is -1.01. The zero-order valence-electron chi connectivity index (χ0n) is 20.4. The molecule has 4 aliphatic rings. The van der Waals surface area contributed by atoms with E-state index in [0.717, 1.165) is 43.0 Å². The number of likely N-dealkylation sites (tertiary alicyclic amines) is 1. The molecule has 9 heteroatoms. The highest BCUT2D eigenvalue weighted by Gasteiger charge is 2.46. The number of amides is 4. The lowest BCUT2D eigenvalue weighted by Gasteiger charge is -2.47. The second-order valence-electron chi connectivity index (χ2n) is 10.5. The molecule has 8 nitrogen and oxygen atoms in total. The molecule has 1 atom stereocenters. The number of halogens is 1. The minimum absolute atomic E-state index is 0.0149. The van der Waals surface area contributed by atoms with Crippen LogP contribution in [-0.4, -0.2) is 64.8 Å². The summed E-state index contributed by atoms with van der Waals surface area (Å²) in [7, 11) is 0. The summed E-state index contributed by atoms with van der Waals surface area (Å²) < 4.78 is 20.8. The lowest BCUT2D eigenvalue weighted by Crippen LogP contribution is -2.60. The third-order valence-electron chi connectivity index (χ3n) is 7.95. The largest absolute Gasteiger partial charge is 0.372 e. The van der Waals surface area contributed by atoms with E-state index in [9.17, 15) is 23.6 Å². The molecular weight excluding hydrogens is 477 g/mol. The third-order valence-corrected chi connectivity index (χ3v) is 7.95. The molecule has 0 aliphatic carbocycles. The van der Waals surface area contributed by atoms with Gasteiger partial charge in [0.05, 0.1) is 16.7 Å². The monoisotopic (exact) mass is 505 g/mol. The SMILES string of the molecule is O=C1CCC(N2C(=O)c3cccc(CCc4ccc(CN5CC6(CCCO6)C5)cc4F)c3C2=O)C(=O)N1. The molecule has 6 rings (SSSR count). The highest BCUT2D eigenvalue weighted by Crippen LogP contribution is 2.36. The van der Waals surface area contributed by atoms with E-state index in [-0.39, 0.29) is 35.4 Å². The van der Waals surface area contributed by atoms with Crippen molar-refractivity contribution in [3.05, 3.63) is 70.0 Å². The molecule has 0 bridgehead atoms. The fourth-order valence-corrected chi connectivity index (χ4v) is 6.10. The number of imide groups is 2. The number of carbonyl (C=O) groups is 4. The lowest BCUT2D eigenvalue weighted by atomic mass is 9.90. The number of hydrogen-bond donors (Lipinski definition) is 1. The summed E-state index contributed by atoms with van der Waals surface area (Å²) in [6, 6.07) is 9.31. The van der Waals surface area contributed by atoms with Gasteiger partial charge in [-0.1, -0.05) is 24.3 Å². The van der Waals surface area contributed by atoms with Gasteiger partial charge in [0.1, 0.15) is 11.9 Å². The fraction of sp³-hybridized carbons (Fsp3) is 0.429. The molecule has 4 amide bonds. The number of nitrogens with one attached hydrogen (secondary N) is 1. The van der Waals surface area contributed by atoms with Crippen molar-refractivity contribution in [1.82, 2.24) is 15.1 Å². The normalized spacial score (nSPS) is 22.9. The number of ether oxygens (including phenoxy) is 1. The van der Waals surface area contributed by atoms with Gasteiger partial charge in [-0.05, 0) is 60.9 Å². The molecule has 4 heterocycles.